The first-order chi connectivity index (χ1) is 19.5. The molecule has 3 fully saturated rings. The summed E-state index contributed by atoms with van der Waals surface area (Å²) in [6, 6.07) is 8.76. The van der Waals surface area contributed by atoms with E-state index in [2.05, 4.69) is 9.88 Å². The summed E-state index contributed by atoms with van der Waals surface area (Å²) >= 11 is 0. The molecule has 4 heterocycles. The Morgan fingerprint density at radius 2 is 1.82 bits per heavy atom. The number of benzene rings is 1. The summed E-state index contributed by atoms with van der Waals surface area (Å²) in [5.41, 5.74) is 1.02. The minimum Gasteiger partial charge on any atom is -0.474 e. The number of rotatable bonds is 8. The van der Waals surface area contributed by atoms with Crippen molar-refractivity contribution < 1.29 is 23.0 Å². The van der Waals surface area contributed by atoms with Gasteiger partial charge in [0.05, 0.1) is 30.3 Å². The van der Waals surface area contributed by atoms with Crippen LogP contribution in [0.5, 0.6) is 5.88 Å². The molecule has 2 aliphatic heterocycles. The fourth-order valence-electron chi connectivity index (χ4n) is 6.27. The summed E-state index contributed by atoms with van der Waals surface area (Å²) in [5.74, 6) is 1.46. The van der Waals surface area contributed by atoms with Gasteiger partial charge < -0.3 is 14.4 Å². The Hall–Kier alpha value is -3.18. The second-order valence-corrected chi connectivity index (χ2v) is 11.1. The third-order valence-corrected chi connectivity index (χ3v) is 8.45. The molecule has 1 aliphatic carbocycles. The number of carbonyl (C=O) groups excluding carboxylic acids is 1. The van der Waals surface area contributed by atoms with E-state index in [9.17, 15) is 13.6 Å². The van der Waals surface area contributed by atoms with E-state index < -0.39 is 6.43 Å². The SMILES string of the molecule is CN1CCC[C@H]1C(=O)CC1CCC(Oc2cc(-n3c(C(F)F)nc4ccccc43)nc(N3CCOCC3)n2)CC1. The zero-order valence-electron chi connectivity index (χ0n) is 22.8. The van der Waals surface area contributed by atoms with E-state index >= 15 is 0 Å². The Balaban J connectivity index is 1.23. The van der Waals surface area contributed by atoms with E-state index in [1.165, 1.54) is 4.57 Å². The molecular formula is C29H36F2N6O3. The third kappa shape index (κ3) is 5.67. The number of hydrogen-bond acceptors (Lipinski definition) is 8. The Bertz CT molecular complexity index is 1340. The fraction of sp³-hybridized carbons (Fsp3) is 0.586. The van der Waals surface area contributed by atoms with Crippen LogP contribution in [-0.2, 0) is 9.53 Å². The maximum Gasteiger partial charge on any atom is 0.296 e. The summed E-state index contributed by atoms with van der Waals surface area (Å²) in [6.07, 6.45) is 3.33. The Kier molecular flexibility index (Phi) is 7.93. The lowest BCUT2D eigenvalue weighted by Gasteiger charge is -2.30. The average molecular weight is 555 g/mol. The summed E-state index contributed by atoms with van der Waals surface area (Å²) in [7, 11) is 2.04. The molecule has 3 aliphatic rings. The van der Waals surface area contributed by atoms with Crippen molar-refractivity contribution in [1.82, 2.24) is 24.4 Å². The molecule has 3 aromatic rings. The van der Waals surface area contributed by atoms with Crippen LogP contribution in [0.4, 0.5) is 14.7 Å². The van der Waals surface area contributed by atoms with E-state index in [1.54, 1.807) is 30.3 Å². The smallest absolute Gasteiger partial charge is 0.296 e. The zero-order valence-corrected chi connectivity index (χ0v) is 22.8. The van der Waals surface area contributed by atoms with Crippen LogP contribution >= 0.6 is 0 Å². The summed E-state index contributed by atoms with van der Waals surface area (Å²) in [6.45, 7) is 3.28. The average Bonchev–Trinajstić information content (AvgIpc) is 3.58. The molecule has 6 rings (SSSR count). The number of carbonyl (C=O) groups is 1. The highest BCUT2D eigenvalue weighted by Gasteiger charge is 2.32. The maximum absolute atomic E-state index is 14.1. The number of ether oxygens (including phenoxy) is 2. The van der Waals surface area contributed by atoms with E-state index in [4.69, 9.17) is 19.4 Å². The lowest BCUT2D eigenvalue weighted by molar-refractivity contribution is -0.124. The van der Waals surface area contributed by atoms with Crippen LogP contribution in [0.3, 0.4) is 0 Å². The number of likely N-dealkylation sites (N-methyl/N-ethyl adjacent to an activating group) is 1. The number of ketones is 1. The van der Waals surface area contributed by atoms with Crippen LogP contribution in [0.2, 0.25) is 0 Å². The summed E-state index contributed by atoms with van der Waals surface area (Å²) in [4.78, 5) is 30.6. The number of anilines is 1. The fourth-order valence-corrected chi connectivity index (χ4v) is 6.27. The quantitative estimate of drug-likeness (QED) is 0.400. The molecule has 1 aromatic carbocycles. The van der Waals surface area contributed by atoms with Gasteiger partial charge in [-0.3, -0.25) is 14.3 Å². The number of halogens is 2. The standard InChI is InChI=1S/C29H36F2N6O3/c1-35-12-4-7-23(35)24(38)17-19-8-10-20(11-9-19)40-26-18-25(33-29(34-26)36-13-15-39-16-14-36)37-22-6-3-2-5-21(22)32-28(37)27(30)31/h2-3,5-6,18-20,23,27H,4,7-17H2,1H3/t19?,20?,23-/m0/s1. The van der Waals surface area contributed by atoms with Gasteiger partial charge in [-0.1, -0.05) is 12.1 Å². The monoisotopic (exact) mass is 554 g/mol. The van der Waals surface area contributed by atoms with E-state index in [0.29, 0.717) is 73.1 Å². The van der Waals surface area contributed by atoms with E-state index in [-0.39, 0.29) is 18.0 Å². The summed E-state index contributed by atoms with van der Waals surface area (Å²) < 4.78 is 41.5. The van der Waals surface area contributed by atoms with Crippen molar-refractivity contribution in [2.24, 2.45) is 5.92 Å². The molecule has 0 bridgehead atoms. The molecule has 214 valence electrons. The van der Waals surface area contributed by atoms with Gasteiger partial charge in [0.25, 0.3) is 6.43 Å². The second-order valence-electron chi connectivity index (χ2n) is 11.1. The first kappa shape index (κ1) is 27.0. The molecule has 0 spiro atoms. The normalized spacial score (nSPS) is 24.2. The molecule has 1 saturated carbocycles. The van der Waals surface area contributed by atoms with Crippen LogP contribution in [0.15, 0.2) is 30.3 Å². The third-order valence-electron chi connectivity index (χ3n) is 8.45. The van der Waals surface area contributed by atoms with Crippen LogP contribution in [0.1, 0.15) is 57.2 Å². The minimum absolute atomic E-state index is 0.0603. The van der Waals surface area contributed by atoms with Crippen molar-refractivity contribution in [2.45, 2.75) is 63.5 Å². The highest BCUT2D eigenvalue weighted by atomic mass is 19.3. The van der Waals surface area contributed by atoms with Crippen molar-refractivity contribution in [2.75, 3.05) is 44.8 Å². The molecule has 0 amide bonds. The number of morpholine rings is 1. The number of nitrogens with zero attached hydrogens (tertiary/aromatic N) is 6. The van der Waals surface area contributed by atoms with Gasteiger partial charge in [0, 0.05) is 25.6 Å². The largest absolute Gasteiger partial charge is 0.474 e. The van der Waals surface area contributed by atoms with Crippen LogP contribution in [0.25, 0.3) is 16.9 Å². The molecule has 2 aromatic heterocycles. The molecule has 0 unspecified atom stereocenters. The lowest BCUT2D eigenvalue weighted by Crippen LogP contribution is -2.37. The molecule has 9 nitrogen and oxygen atoms in total. The van der Waals surface area contributed by atoms with Crippen molar-refractivity contribution in [1.29, 1.82) is 0 Å². The highest BCUT2D eigenvalue weighted by molar-refractivity contribution is 5.84. The predicted octanol–water partition coefficient (Wildman–Crippen LogP) is 4.58. The number of Topliss-reactive ketones (excluding diaryl/α,β-unsaturated/α-hetero) is 1. The lowest BCUT2D eigenvalue weighted by atomic mass is 9.83. The van der Waals surface area contributed by atoms with Gasteiger partial charge in [-0.2, -0.15) is 9.97 Å². The molecule has 11 heteroatoms. The minimum atomic E-state index is -2.78. The first-order valence-electron chi connectivity index (χ1n) is 14.3. The van der Waals surface area contributed by atoms with Crippen molar-refractivity contribution >= 4 is 22.8 Å². The molecular weight excluding hydrogens is 518 g/mol. The van der Waals surface area contributed by atoms with Crippen molar-refractivity contribution in [3.63, 3.8) is 0 Å². The number of fused-ring (bicyclic) bond motifs is 1. The topological polar surface area (TPSA) is 85.6 Å². The Morgan fingerprint density at radius 3 is 2.55 bits per heavy atom. The van der Waals surface area contributed by atoms with Gasteiger partial charge in [0.2, 0.25) is 11.8 Å². The number of hydrogen-bond donors (Lipinski definition) is 0. The molecule has 1 atom stereocenters. The molecule has 0 radical (unpaired) electrons. The highest BCUT2D eigenvalue weighted by Crippen LogP contribution is 2.33. The Morgan fingerprint density at radius 1 is 1.05 bits per heavy atom. The van der Waals surface area contributed by atoms with Gasteiger partial charge in [-0.15, -0.1) is 0 Å². The number of para-hydroxylation sites is 2. The van der Waals surface area contributed by atoms with Crippen LogP contribution < -0.4 is 9.64 Å². The number of imidazole rings is 1. The molecule has 0 N–H and O–H groups in total. The Labute approximate surface area is 232 Å². The van der Waals surface area contributed by atoms with Gasteiger partial charge in [-0.05, 0) is 70.2 Å². The maximum atomic E-state index is 14.1. The molecule has 2 saturated heterocycles. The van der Waals surface area contributed by atoms with Crippen molar-refractivity contribution in [3.8, 4) is 11.7 Å². The van der Waals surface area contributed by atoms with E-state index in [1.807, 2.05) is 11.9 Å². The predicted molar refractivity (Wildman–Crippen MR) is 146 cm³/mol. The first-order valence-corrected chi connectivity index (χ1v) is 14.3. The van der Waals surface area contributed by atoms with Crippen LogP contribution in [0, 0.1) is 5.92 Å². The molecule has 40 heavy (non-hydrogen) atoms. The second kappa shape index (κ2) is 11.7. The summed E-state index contributed by atoms with van der Waals surface area (Å²) in [5, 5.41) is 0. The van der Waals surface area contributed by atoms with E-state index in [0.717, 1.165) is 45.1 Å². The van der Waals surface area contributed by atoms with Gasteiger partial charge in [-0.25, -0.2) is 13.8 Å². The van der Waals surface area contributed by atoms with Gasteiger partial charge in [0.15, 0.2) is 5.82 Å². The van der Waals surface area contributed by atoms with Gasteiger partial charge >= 0.3 is 0 Å². The zero-order chi connectivity index (χ0) is 27.6. The number of alkyl halides is 2. The number of likely N-dealkylation sites (tertiary alicyclic amines) is 1. The van der Waals surface area contributed by atoms with Crippen molar-refractivity contribution in [3.05, 3.63) is 36.2 Å². The van der Waals surface area contributed by atoms with Gasteiger partial charge in [0.1, 0.15) is 17.7 Å². The van der Waals surface area contributed by atoms with Crippen LogP contribution in [-0.4, -0.2) is 82.2 Å². The number of aromatic nitrogens is 4.